The summed E-state index contributed by atoms with van der Waals surface area (Å²) in [5.41, 5.74) is 21.4. The van der Waals surface area contributed by atoms with Crippen LogP contribution in [-0.2, 0) is 5.41 Å². The Kier molecular flexibility index (Phi) is 9.83. The van der Waals surface area contributed by atoms with E-state index >= 15 is 0 Å². The second kappa shape index (κ2) is 16.4. The van der Waals surface area contributed by atoms with Crippen LogP contribution in [0.15, 0.2) is 237 Å². The normalized spacial score (nSPS) is 13.7. The Morgan fingerprint density at radius 2 is 0.785 bits per heavy atom. The summed E-state index contributed by atoms with van der Waals surface area (Å²) in [5, 5.41) is 2.54. The molecule has 0 aliphatic heterocycles. The second-order valence-electron chi connectivity index (χ2n) is 17.9. The van der Waals surface area contributed by atoms with Gasteiger partial charge in [-0.2, -0.15) is 0 Å². The largest absolute Gasteiger partial charge is 0.310 e. The summed E-state index contributed by atoms with van der Waals surface area (Å²) >= 11 is 0. The Morgan fingerprint density at radius 1 is 0.292 bits per heavy atom. The number of para-hydroxylation sites is 1. The van der Waals surface area contributed by atoms with E-state index in [-0.39, 0.29) is 5.41 Å². The third kappa shape index (κ3) is 6.78. The number of nitrogens with zero attached hydrogens (tertiary/aromatic N) is 1. The summed E-state index contributed by atoms with van der Waals surface area (Å²) in [6.07, 6.45) is 6.31. The molecule has 10 aromatic carbocycles. The van der Waals surface area contributed by atoms with E-state index in [2.05, 4.69) is 241 Å². The minimum absolute atomic E-state index is 0.0985. The molecule has 0 atom stereocenters. The zero-order chi connectivity index (χ0) is 43.2. The molecule has 2 aliphatic carbocycles. The molecule has 310 valence electrons. The topological polar surface area (TPSA) is 3.24 Å². The summed E-state index contributed by atoms with van der Waals surface area (Å²) in [6.45, 7) is 0. The summed E-state index contributed by atoms with van der Waals surface area (Å²) in [5.74, 6) is 0. The van der Waals surface area contributed by atoms with Gasteiger partial charge in [-0.25, -0.2) is 0 Å². The van der Waals surface area contributed by atoms with Gasteiger partial charge in [-0.15, -0.1) is 0 Å². The van der Waals surface area contributed by atoms with Crippen molar-refractivity contribution < 1.29 is 0 Å². The summed E-state index contributed by atoms with van der Waals surface area (Å²) in [7, 11) is 0. The van der Waals surface area contributed by atoms with E-state index in [0.717, 1.165) is 17.1 Å². The second-order valence-corrected chi connectivity index (χ2v) is 17.9. The van der Waals surface area contributed by atoms with E-state index in [1.165, 1.54) is 121 Å². The molecule has 0 aromatic heterocycles. The first-order valence-corrected chi connectivity index (χ1v) is 23.3. The average molecular weight is 832 g/mol. The van der Waals surface area contributed by atoms with Gasteiger partial charge in [0.2, 0.25) is 0 Å². The van der Waals surface area contributed by atoms with Gasteiger partial charge in [-0.3, -0.25) is 0 Å². The van der Waals surface area contributed by atoms with Gasteiger partial charge >= 0.3 is 0 Å². The Balaban J connectivity index is 0.995. The van der Waals surface area contributed by atoms with Crippen molar-refractivity contribution in [3.8, 4) is 66.8 Å². The number of rotatable bonds is 8. The van der Waals surface area contributed by atoms with Gasteiger partial charge in [-0.05, 0) is 126 Å². The van der Waals surface area contributed by atoms with Crippen molar-refractivity contribution in [1.29, 1.82) is 0 Å². The first-order chi connectivity index (χ1) is 32.2. The number of hydrogen-bond acceptors (Lipinski definition) is 1. The quantitative estimate of drug-likeness (QED) is 0.147. The Bertz CT molecular complexity index is 3330. The van der Waals surface area contributed by atoms with Crippen LogP contribution in [0.4, 0.5) is 17.1 Å². The molecule has 0 bridgehead atoms. The molecule has 0 amide bonds. The smallest absolute Gasteiger partial charge is 0.0540 e. The molecule has 1 fully saturated rings. The Hall–Kier alpha value is -7.74. The molecule has 1 saturated carbocycles. The van der Waals surface area contributed by atoms with Gasteiger partial charge in [0.25, 0.3) is 0 Å². The number of anilines is 3. The van der Waals surface area contributed by atoms with Gasteiger partial charge in [0.1, 0.15) is 0 Å². The first kappa shape index (κ1) is 38.9. The highest BCUT2D eigenvalue weighted by molar-refractivity contribution is 5.99. The van der Waals surface area contributed by atoms with E-state index in [0.29, 0.717) is 0 Å². The predicted octanol–water partition coefficient (Wildman–Crippen LogP) is 17.9. The van der Waals surface area contributed by atoms with E-state index in [4.69, 9.17) is 0 Å². The molecular formula is C64H49N. The van der Waals surface area contributed by atoms with E-state index in [1.54, 1.807) is 0 Å². The molecule has 0 unspecified atom stereocenters. The van der Waals surface area contributed by atoms with Crippen molar-refractivity contribution in [3.63, 3.8) is 0 Å². The molecular weight excluding hydrogens is 783 g/mol. The lowest BCUT2D eigenvalue weighted by atomic mass is 9.68. The molecule has 2 aliphatic rings. The fourth-order valence-corrected chi connectivity index (χ4v) is 11.3. The number of hydrogen-bond donors (Lipinski definition) is 0. The van der Waals surface area contributed by atoms with Crippen LogP contribution in [0.1, 0.15) is 43.2 Å². The fraction of sp³-hybridized carbons (Fsp3) is 0.0938. The fourth-order valence-electron chi connectivity index (χ4n) is 11.3. The number of fused-ring (bicyclic) bond motifs is 6. The molecule has 0 heterocycles. The van der Waals surface area contributed by atoms with Gasteiger partial charge in [0.05, 0.1) is 5.69 Å². The number of benzene rings is 10. The summed E-state index contributed by atoms with van der Waals surface area (Å²) < 4.78 is 0. The van der Waals surface area contributed by atoms with Crippen LogP contribution in [0.2, 0.25) is 0 Å². The highest BCUT2D eigenvalue weighted by Crippen LogP contribution is 2.57. The molecule has 10 aromatic rings. The van der Waals surface area contributed by atoms with Crippen molar-refractivity contribution in [2.24, 2.45) is 0 Å². The lowest BCUT2D eigenvalue weighted by molar-refractivity contribution is 0.353. The third-order valence-electron chi connectivity index (χ3n) is 14.3. The maximum absolute atomic E-state index is 2.50. The summed E-state index contributed by atoms with van der Waals surface area (Å²) in [6, 6.07) is 87.6. The van der Waals surface area contributed by atoms with Crippen molar-refractivity contribution in [2.75, 3.05) is 4.90 Å². The molecule has 1 heteroatoms. The lowest BCUT2D eigenvalue weighted by Gasteiger charge is -2.36. The molecule has 65 heavy (non-hydrogen) atoms. The van der Waals surface area contributed by atoms with Crippen molar-refractivity contribution >= 4 is 27.8 Å². The van der Waals surface area contributed by atoms with Gasteiger partial charge < -0.3 is 4.90 Å². The minimum atomic E-state index is 0.0985. The zero-order valence-corrected chi connectivity index (χ0v) is 36.5. The third-order valence-corrected chi connectivity index (χ3v) is 14.3. The monoisotopic (exact) mass is 831 g/mol. The molecule has 1 spiro atoms. The molecule has 12 rings (SSSR count). The highest BCUT2D eigenvalue weighted by atomic mass is 15.1. The van der Waals surface area contributed by atoms with Crippen LogP contribution in [0.3, 0.4) is 0 Å². The van der Waals surface area contributed by atoms with E-state index in [9.17, 15) is 0 Å². The van der Waals surface area contributed by atoms with Crippen LogP contribution in [-0.4, -0.2) is 0 Å². The average Bonchev–Trinajstić information content (AvgIpc) is 3.64. The zero-order valence-electron chi connectivity index (χ0n) is 36.5. The van der Waals surface area contributed by atoms with Crippen molar-refractivity contribution in [1.82, 2.24) is 0 Å². The van der Waals surface area contributed by atoms with Crippen molar-refractivity contribution in [2.45, 2.75) is 37.5 Å². The standard InChI is InChI=1S/C64H49N/c1-3-18-47(19-4-1)54-23-7-8-24-55(54)56-25-9-10-26-57(56)59-28-12-14-31-63(59)65(51-40-41-62-60(44-51)58-27-11-13-30-61(58)64(62)42-15-2-16-43-64)50-38-36-46(37-39-50)45-32-34-49(35-33-45)53-29-17-21-48-20-5-6-22-52(48)53/h1,3-14,17-41,44H,2,15-16,42-43H2. The van der Waals surface area contributed by atoms with Crippen molar-refractivity contribution in [3.05, 3.63) is 248 Å². The lowest BCUT2D eigenvalue weighted by Crippen LogP contribution is -2.28. The Labute approximate surface area is 383 Å². The molecule has 0 saturated heterocycles. The van der Waals surface area contributed by atoms with Gasteiger partial charge in [-0.1, -0.05) is 226 Å². The molecule has 0 radical (unpaired) electrons. The van der Waals surface area contributed by atoms with Crippen LogP contribution >= 0.6 is 0 Å². The maximum atomic E-state index is 2.50. The minimum Gasteiger partial charge on any atom is -0.310 e. The predicted molar refractivity (Wildman–Crippen MR) is 275 cm³/mol. The van der Waals surface area contributed by atoms with E-state index in [1.807, 2.05) is 0 Å². The maximum Gasteiger partial charge on any atom is 0.0540 e. The molecule has 0 N–H and O–H groups in total. The first-order valence-electron chi connectivity index (χ1n) is 23.3. The highest BCUT2D eigenvalue weighted by Gasteiger charge is 2.43. The van der Waals surface area contributed by atoms with Crippen LogP contribution in [0, 0.1) is 0 Å². The summed E-state index contributed by atoms with van der Waals surface area (Å²) in [4.78, 5) is 2.50. The SMILES string of the molecule is c1ccc(-c2ccccc2-c2ccccc2-c2ccccc2N(c2ccc(-c3ccc(-c4cccc5ccccc45)cc3)cc2)c2ccc3c(c2)-c2ccccc2C32CCCCC2)cc1. The molecule has 1 nitrogen and oxygen atoms in total. The van der Waals surface area contributed by atoms with Gasteiger partial charge in [0.15, 0.2) is 0 Å². The van der Waals surface area contributed by atoms with Crippen LogP contribution in [0.5, 0.6) is 0 Å². The van der Waals surface area contributed by atoms with E-state index < -0.39 is 0 Å². The van der Waals surface area contributed by atoms with Crippen LogP contribution in [0.25, 0.3) is 77.5 Å². The Morgan fingerprint density at radius 3 is 1.54 bits per heavy atom. The van der Waals surface area contributed by atoms with Crippen LogP contribution < -0.4 is 4.90 Å². The van der Waals surface area contributed by atoms with Gasteiger partial charge in [0, 0.05) is 22.4 Å².